The number of anilines is 1. The predicted octanol–water partition coefficient (Wildman–Crippen LogP) is 6.00. The molecule has 1 heterocycles. The summed E-state index contributed by atoms with van der Waals surface area (Å²) in [7, 11) is 0. The third-order valence-electron chi connectivity index (χ3n) is 5.66. The molecular weight excluding hydrogens is 439 g/mol. The highest BCUT2D eigenvalue weighted by molar-refractivity contribution is 6.07. The summed E-state index contributed by atoms with van der Waals surface area (Å²) in [5.41, 5.74) is 8.26. The SMILES string of the molecule is O=C(CNc1ccc(F)cc1)NN=Cc1c(-c2ccccc2)n(-c2ccccc2)c2ccccc12. The molecule has 4 aromatic carbocycles. The summed E-state index contributed by atoms with van der Waals surface area (Å²) in [6.07, 6.45) is 1.69. The second-order valence-corrected chi connectivity index (χ2v) is 7.97. The van der Waals surface area contributed by atoms with E-state index in [2.05, 4.69) is 56.8 Å². The highest BCUT2D eigenvalue weighted by atomic mass is 19.1. The van der Waals surface area contributed by atoms with Gasteiger partial charge in [-0.25, -0.2) is 9.82 Å². The third kappa shape index (κ3) is 4.82. The number of para-hydroxylation sites is 2. The van der Waals surface area contributed by atoms with Crippen LogP contribution in [0.3, 0.4) is 0 Å². The van der Waals surface area contributed by atoms with Crippen LogP contribution in [-0.2, 0) is 4.79 Å². The first-order valence-corrected chi connectivity index (χ1v) is 11.3. The van der Waals surface area contributed by atoms with E-state index in [-0.39, 0.29) is 18.3 Å². The average Bonchev–Trinajstić information content (AvgIpc) is 3.24. The van der Waals surface area contributed by atoms with Crippen LogP contribution in [0.5, 0.6) is 0 Å². The maximum absolute atomic E-state index is 13.1. The van der Waals surface area contributed by atoms with Crippen LogP contribution < -0.4 is 10.7 Å². The average molecular weight is 463 g/mol. The quantitative estimate of drug-likeness (QED) is 0.230. The molecule has 5 nitrogen and oxygen atoms in total. The van der Waals surface area contributed by atoms with E-state index in [1.54, 1.807) is 18.3 Å². The Morgan fingerprint density at radius 1 is 0.829 bits per heavy atom. The molecule has 0 aliphatic heterocycles. The molecule has 1 amide bonds. The minimum absolute atomic E-state index is 0.0142. The fourth-order valence-electron chi connectivity index (χ4n) is 4.08. The van der Waals surface area contributed by atoms with Gasteiger partial charge in [-0.2, -0.15) is 5.10 Å². The van der Waals surface area contributed by atoms with E-state index in [9.17, 15) is 9.18 Å². The van der Waals surface area contributed by atoms with Crippen LogP contribution >= 0.6 is 0 Å². The maximum Gasteiger partial charge on any atom is 0.259 e. The second-order valence-electron chi connectivity index (χ2n) is 7.97. The van der Waals surface area contributed by atoms with Gasteiger partial charge in [0.05, 0.1) is 24.0 Å². The first-order valence-electron chi connectivity index (χ1n) is 11.3. The van der Waals surface area contributed by atoms with Gasteiger partial charge in [-0.1, -0.05) is 66.7 Å². The van der Waals surface area contributed by atoms with Gasteiger partial charge in [0.2, 0.25) is 0 Å². The number of rotatable bonds is 7. The zero-order chi connectivity index (χ0) is 24.0. The van der Waals surface area contributed by atoms with Crippen molar-refractivity contribution in [2.24, 2.45) is 5.10 Å². The van der Waals surface area contributed by atoms with E-state index >= 15 is 0 Å². The Morgan fingerprint density at radius 2 is 1.49 bits per heavy atom. The molecule has 2 N–H and O–H groups in total. The Labute approximate surface area is 202 Å². The molecule has 6 heteroatoms. The zero-order valence-corrected chi connectivity index (χ0v) is 18.9. The van der Waals surface area contributed by atoms with Gasteiger partial charge in [-0.3, -0.25) is 4.79 Å². The number of carbonyl (C=O) groups excluding carboxylic acids is 1. The Hall–Kier alpha value is -4.71. The van der Waals surface area contributed by atoms with E-state index in [1.807, 2.05) is 48.5 Å². The number of hydrogen-bond acceptors (Lipinski definition) is 3. The fraction of sp³-hybridized carbons (Fsp3) is 0.0345. The van der Waals surface area contributed by atoms with Crippen LogP contribution in [-0.4, -0.2) is 23.2 Å². The largest absolute Gasteiger partial charge is 0.376 e. The normalized spacial score (nSPS) is 11.1. The molecule has 0 bridgehead atoms. The summed E-state index contributed by atoms with van der Waals surface area (Å²) in [5.74, 6) is -0.632. The molecule has 0 fully saturated rings. The number of nitrogens with one attached hydrogen (secondary N) is 2. The van der Waals surface area contributed by atoms with E-state index in [1.165, 1.54) is 12.1 Å². The minimum Gasteiger partial charge on any atom is -0.376 e. The number of fused-ring (bicyclic) bond motifs is 1. The van der Waals surface area contributed by atoms with Crippen LogP contribution in [0.1, 0.15) is 5.56 Å². The van der Waals surface area contributed by atoms with Crippen molar-refractivity contribution in [2.45, 2.75) is 0 Å². The van der Waals surface area contributed by atoms with Crippen molar-refractivity contribution in [3.63, 3.8) is 0 Å². The highest BCUT2D eigenvalue weighted by Crippen LogP contribution is 2.35. The molecular formula is C29H23FN4O. The molecule has 0 aliphatic carbocycles. The maximum atomic E-state index is 13.1. The van der Waals surface area contributed by atoms with Gasteiger partial charge in [0.25, 0.3) is 5.91 Å². The van der Waals surface area contributed by atoms with Crippen molar-refractivity contribution < 1.29 is 9.18 Å². The number of benzene rings is 4. The van der Waals surface area contributed by atoms with Crippen molar-refractivity contribution in [1.82, 2.24) is 9.99 Å². The Morgan fingerprint density at radius 3 is 2.23 bits per heavy atom. The summed E-state index contributed by atoms with van der Waals surface area (Å²) in [4.78, 5) is 12.4. The van der Waals surface area contributed by atoms with Crippen LogP contribution in [0.15, 0.2) is 114 Å². The zero-order valence-electron chi connectivity index (χ0n) is 18.9. The monoisotopic (exact) mass is 462 g/mol. The summed E-state index contributed by atoms with van der Waals surface area (Å²) in [6, 6.07) is 34.3. The van der Waals surface area contributed by atoms with Gasteiger partial charge in [0.1, 0.15) is 5.82 Å². The van der Waals surface area contributed by atoms with E-state index in [0.717, 1.165) is 33.4 Å². The number of amides is 1. The Bertz CT molecular complexity index is 1480. The predicted molar refractivity (Wildman–Crippen MR) is 139 cm³/mol. The van der Waals surface area contributed by atoms with Crippen LogP contribution in [0.4, 0.5) is 10.1 Å². The molecule has 1 aromatic heterocycles. The highest BCUT2D eigenvalue weighted by Gasteiger charge is 2.18. The third-order valence-corrected chi connectivity index (χ3v) is 5.66. The molecule has 0 saturated heterocycles. The van der Waals surface area contributed by atoms with Gasteiger partial charge in [-0.15, -0.1) is 0 Å². The first kappa shape index (κ1) is 22.1. The van der Waals surface area contributed by atoms with Gasteiger partial charge >= 0.3 is 0 Å². The number of nitrogens with zero attached hydrogens (tertiary/aromatic N) is 2. The van der Waals surface area contributed by atoms with Crippen LogP contribution in [0, 0.1) is 5.82 Å². The summed E-state index contributed by atoms with van der Waals surface area (Å²) >= 11 is 0. The van der Waals surface area contributed by atoms with Crippen molar-refractivity contribution in [3.8, 4) is 16.9 Å². The molecule has 0 atom stereocenters. The molecule has 172 valence electrons. The van der Waals surface area contributed by atoms with Crippen molar-refractivity contribution >= 4 is 28.7 Å². The number of carbonyl (C=O) groups is 1. The second kappa shape index (κ2) is 10.1. The molecule has 0 aliphatic rings. The Kier molecular flexibility index (Phi) is 6.35. The van der Waals surface area contributed by atoms with Gasteiger partial charge < -0.3 is 9.88 Å². The van der Waals surface area contributed by atoms with Gasteiger partial charge in [-0.05, 0) is 48.0 Å². The lowest BCUT2D eigenvalue weighted by molar-refractivity contribution is -0.119. The number of hydrazone groups is 1. The van der Waals surface area contributed by atoms with Crippen molar-refractivity contribution in [1.29, 1.82) is 0 Å². The van der Waals surface area contributed by atoms with E-state index in [0.29, 0.717) is 5.69 Å². The number of hydrogen-bond donors (Lipinski definition) is 2. The standard InChI is InChI=1S/C29H23FN4O/c30-22-15-17-23(18-16-22)31-20-28(35)33-32-19-26-25-13-7-8-14-27(25)34(24-11-5-2-6-12-24)29(26)21-9-3-1-4-10-21/h1-19,31H,20H2,(H,33,35). The fourth-order valence-corrected chi connectivity index (χ4v) is 4.08. The van der Waals surface area contributed by atoms with Gasteiger partial charge in [0, 0.05) is 22.3 Å². The Balaban J connectivity index is 1.48. The van der Waals surface area contributed by atoms with Crippen molar-refractivity contribution in [3.05, 3.63) is 121 Å². The molecule has 5 aromatic rings. The first-order chi connectivity index (χ1) is 17.2. The smallest absolute Gasteiger partial charge is 0.259 e. The molecule has 5 rings (SSSR count). The molecule has 0 unspecified atom stereocenters. The minimum atomic E-state index is -0.325. The lowest BCUT2D eigenvalue weighted by Crippen LogP contribution is -2.25. The number of halogens is 1. The molecule has 0 spiro atoms. The summed E-state index contributed by atoms with van der Waals surface area (Å²) in [6.45, 7) is 0.0142. The molecule has 35 heavy (non-hydrogen) atoms. The topological polar surface area (TPSA) is 58.4 Å². The summed E-state index contributed by atoms with van der Waals surface area (Å²) in [5, 5.41) is 8.26. The van der Waals surface area contributed by atoms with E-state index in [4.69, 9.17) is 0 Å². The number of aromatic nitrogens is 1. The molecule has 0 saturated carbocycles. The van der Waals surface area contributed by atoms with E-state index < -0.39 is 0 Å². The lowest BCUT2D eigenvalue weighted by Gasteiger charge is -2.12. The summed E-state index contributed by atoms with van der Waals surface area (Å²) < 4.78 is 15.3. The van der Waals surface area contributed by atoms with Crippen LogP contribution in [0.25, 0.3) is 27.8 Å². The van der Waals surface area contributed by atoms with Crippen molar-refractivity contribution in [2.75, 3.05) is 11.9 Å². The lowest BCUT2D eigenvalue weighted by atomic mass is 10.1. The van der Waals surface area contributed by atoms with Gasteiger partial charge in [0.15, 0.2) is 0 Å². The molecule has 0 radical (unpaired) electrons. The van der Waals surface area contributed by atoms with Crippen LogP contribution in [0.2, 0.25) is 0 Å².